The molecule has 42 heavy (non-hydrogen) atoms. The monoisotopic (exact) mass is 658 g/mol. The fourth-order valence-corrected chi connectivity index (χ4v) is 4.79. The summed E-state index contributed by atoms with van der Waals surface area (Å²) in [4.78, 5) is 23.4. The molecule has 17 heteroatoms. The number of hydrogen-bond donors (Lipinski definition) is 2. The molecule has 0 unspecified atom stereocenters. The molecule has 0 aromatic heterocycles. The largest absolute Gasteiger partial charge is 0.534 e. The van der Waals surface area contributed by atoms with Crippen LogP contribution in [0, 0.1) is 5.92 Å². The molecule has 2 aromatic rings. The van der Waals surface area contributed by atoms with Crippen molar-refractivity contribution in [3.8, 4) is 5.75 Å². The van der Waals surface area contributed by atoms with Crippen molar-refractivity contribution >= 4 is 42.0 Å². The van der Waals surface area contributed by atoms with Gasteiger partial charge in [0.2, 0.25) is 31.9 Å². The molecule has 0 heterocycles. The van der Waals surface area contributed by atoms with E-state index in [-0.39, 0.29) is 5.56 Å². The number of carbonyl (C=O) groups excluding carboxylic acids is 2. The Morgan fingerprint density at radius 2 is 1.07 bits per heavy atom. The molecule has 0 aliphatic rings. The molecule has 2 atom stereocenters. The highest BCUT2D eigenvalue weighted by Crippen LogP contribution is 2.28. The summed E-state index contributed by atoms with van der Waals surface area (Å²) >= 11 is 0. The molecule has 0 saturated carbocycles. The number of carbonyl (C=O) groups is 2. The zero-order chi connectivity index (χ0) is 32.7. The van der Waals surface area contributed by atoms with Crippen LogP contribution in [0.15, 0.2) is 48.5 Å². The second kappa shape index (κ2) is 14.3. The number of amides is 2. The number of halogens is 3. The molecule has 0 aliphatic heterocycles. The summed E-state index contributed by atoms with van der Waals surface area (Å²) in [7, 11) is -13.0. The zero-order valence-electron chi connectivity index (χ0n) is 23.6. The average Bonchev–Trinajstić information content (AvgIpc) is 2.81. The first-order chi connectivity index (χ1) is 18.9. The SMILES string of the molecule is CC(C)Cc1ccc([C@@H](C)C(=O)NS(C)(=O)=O)cc1.C[C@@H](C(=O)NS(C)(=O)=O)c1ccc(OS(=O)(=O)C(F)(F)F)cc1. The third-order valence-electron chi connectivity index (χ3n) is 5.35. The summed E-state index contributed by atoms with van der Waals surface area (Å²) < 4.78 is 110. The summed E-state index contributed by atoms with van der Waals surface area (Å²) in [5.41, 5.74) is -3.28. The summed E-state index contributed by atoms with van der Waals surface area (Å²) in [5, 5.41) is 0. The maximum Gasteiger partial charge on any atom is 0.534 e. The van der Waals surface area contributed by atoms with E-state index in [0.717, 1.165) is 48.8 Å². The lowest BCUT2D eigenvalue weighted by Gasteiger charge is -2.13. The van der Waals surface area contributed by atoms with Crippen LogP contribution < -0.4 is 13.6 Å². The Hall–Kier alpha value is -3.18. The number of nitrogens with one attached hydrogen (secondary N) is 2. The average molecular weight is 659 g/mol. The second-order valence-corrected chi connectivity index (χ2v) is 14.8. The molecule has 0 spiro atoms. The molecule has 2 rings (SSSR count). The van der Waals surface area contributed by atoms with Crippen LogP contribution in [0.3, 0.4) is 0 Å². The van der Waals surface area contributed by atoms with Gasteiger partial charge in [-0.3, -0.25) is 19.0 Å². The predicted octanol–water partition coefficient (Wildman–Crippen LogP) is 3.16. The van der Waals surface area contributed by atoms with E-state index in [1.54, 1.807) is 11.6 Å². The van der Waals surface area contributed by atoms with Crippen LogP contribution in [-0.4, -0.2) is 55.1 Å². The van der Waals surface area contributed by atoms with Crippen molar-refractivity contribution in [1.29, 1.82) is 0 Å². The topological polar surface area (TPSA) is 170 Å². The summed E-state index contributed by atoms with van der Waals surface area (Å²) in [5.74, 6) is -2.78. The molecule has 2 N–H and O–H groups in total. The Bertz CT molecular complexity index is 1560. The first-order valence-corrected chi connectivity index (χ1v) is 17.3. The maximum atomic E-state index is 12.2. The highest BCUT2D eigenvalue weighted by atomic mass is 32.2. The van der Waals surface area contributed by atoms with Gasteiger partial charge in [0.05, 0.1) is 24.3 Å². The predicted molar refractivity (Wildman–Crippen MR) is 150 cm³/mol. The van der Waals surface area contributed by atoms with Crippen LogP contribution >= 0.6 is 0 Å². The lowest BCUT2D eigenvalue weighted by molar-refractivity contribution is -0.121. The molecule has 0 bridgehead atoms. The quantitative estimate of drug-likeness (QED) is 0.288. The fourth-order valence-electron chi connectivity index (χ4n) is 3.24. The molecule has 0 radical (unpaired) electrons. The summed E-state index contributed by atoms with van der Waals surface area (Å²) in [6.07, 6.45) is 2.75. The van der Waals surface area contributed by atoms with Gasteiger partial charge in [-0.15, -0.1) is 0 Å². The van der Waals surface area contributed by atoms with E-state index < -0.39 is 65.1 Å². The zero-order valence-corrected chi connectivity index (χ0v) is 26.0. The van der Waals surface area contributed by atoms with Gasteiger partial charge in [-0.2, -0.15) is 21.6 Å². The normalized spacial score (nSPS) is 13.8. The number of alkyl halides is 3. The van der Waals surface area contributed by atoms with Crippen LogP contribution in [0.25, 0.3) is 0 Å². The molecular formula is C25H33F3N2O9S3. The van der Waals surface area contributed by atoms with Crippen molar-refractivity contribution in [2.75, 3.05) is 12.5 Å². The van der Waals surface area contributed by atoms with Crippen LogP contribution in [0.1, 0.15) is 56.2 Å². The molecule has 236 valence electrons. The van der Waals surface area contributed by atoms with Crippen molar-refractivity contribution in [2.45, 2.75) is 51.5 Å². The van der Waals surface area contributed by atoms with Gasteiger partial charge in [0.1, 0.15) is 5.75 Å². The Balaban J connectivity index is 0.000000428. The molecule has 2 aromatic carbocycles. The van der Waals surface area contributed by atoms with Crippen LogP contribution in [0.2, 0.25) is 0 Å². The van der Waals surface area contributed by atoms with E-state index in [4.69, 9.17) is 0 Å². The van der Waals surface area contributed by atoms with E-state index in [9.17, 15) is 48.0 Å². The molecule has 0 saturated heterocycles. The van der Waals surface area contributed by atoms with E-state index in [0.29, 0.717) is 5.92 Å². The van der Waals surface area contributed by atoms with Crippen molar-refractivity contribution in [1.82, 2.24) is 9.44 Å². The number of benzene rings is 2. The van der Waals surface area contributed by atoms with Crippen molar-refractivity contribution < 1.29 is 52.2 Å². The molecule has 11 nitrogen and oxygen atoms in total. The number of hydrogen-bond acceptors (Lipinski definition) is 9. The van der Waals surface area contributed by atoms with Gasteiger partial charge >= 0.3 is 15.6 Å². The summed E-state index contributed by atoms with van der Waals surface area (Å²) in [6.45, 7) is 7.35. The van der Waals surface area contributed by atoms with Gasteiger partial charge in [-0.1, -0.05) is 50.2 Å². The minimum absolute atomic E-state index is 0.253. The van der Waals surface area contributed by atoms with Crippen LogP contribution in [0.4, 0.5) is 13.2 Å². The van der Waals surface area contributed by atoms with Crippen molar-refractivity contribution in [2.24, 2.45) is 5.92 Å². The molecule has 2 amide bonds. The van der Waals surface area contributed by atoms with Crippen LogP contribution in [-0.2, 0) is 46.2 Å². The van der Waals surface area contributed by atoms with Gasteiger partial charge < -0.3 is 4.18 Å². The summed E-state index contributed by atoms with van der Waals surface area (Å²) in [6, 6.07) is 11.9. The number of rotatable bonds is 10. The molecule has 0 aliphatic carbocycles. The van der Waals surface area contributed by atoms with Gasteiger partial charge in [0.25, 0.3) is 0 Å². The van der Waals surface area contributed by atoms with Gasteiger partial charge in [-0.05, 0) is 55.0 Å². The Morgan fingerprint density at radius 1 is 0.714 bits per heavy atom. The lowest BCUT2D eigenvalue weighted by Crippen LogP contribution is -2.32. The van der Waals surface area contributed by atoms with Crippen molar-refractivity contribution in [3.63, 3.8) is 0 Å². The van der Waals surface area contributed by atoms with Gasteiger partial charge in [-0.25, -0.2) is 16.8 Å². The Labute approximate surface area is 244 Å². The first-order valence-electron chi connectivity index (χ1n) is 12.1. The first kappa shape index (κ1) is 36.8. The van der Waals surface area contributed by atoms with E-state index in [1.165, 1.54) is 12.5 Å². The highest BCUT2D eigenvalue weighted by molar-refractivity contribution is 7.89. The minimum Gasteiger partial charge on any atom is -0.376 e. The fraction of sp³-hybridized carbons (Fsp3) is 0.440. The Morgan fingerprint density at radius 3 is 1.38 bits per heavy atom. The standard InChI is InChI=1S/C14H21NO3S.C11H12F3NO6S2/c1-10(2)9-12-5-7-13(8-6-12)11(3)14(16)15-19(4,17)18;1-7(10(16)15-22(2,17)18)8-3-5-9(6-4-8)21-23(19,20)11(12,13)14/h5-8,10-11H,9H2,1-4H3,(H,15,16);3-7H,1-2H3,(H,15,16)/t11-;7-/m11/s1. The third kappa shape index (κ3) is 12.8. The molecule has 0 fully saturated rings. The lowest BCUT2D eigenvalue weighted by atomic mass is 9.96. The van der Waals surface area contributed by atoms with E-state index in [2.05, 4.69) is 18.0 Å². The maximum absolute atomic E-state index is 12.2. The number of sulfonamides is 2. The smallest absolute Gasteiger partial charge is 0.376 e. The van der Waals surface area contributed by atoms with Gasteiger partial charge in [0.15, 0.2) is 0 Å². The van der Waals surface area contributed by atoms with Crippen LogP contribution in [0.5, 0.6) is 5.75 Å². The highest BCUT2D eigenvalue weighted by Gasteiger charge is 2.48. The minimum atomic E-state index is -5.78. The second-order valence-electron chi connectivity index (χ2n) is 9.81. The van der Waals surface area contributed by atoms with E-state index >= 15 is 0 Å². The molecular weight excluding hydrogens is 625 g/mol. The Kier molecular flexibility index (Phi) is 12.6. The van der Waals surface area contributed by atoms with Crippen molar-refractivity contribution in [3.05, 3.63) is 65.2 Å². The third-order valence-corrected chi connectivity index (χ3v) is 7.47. The van der Waals surface area contributed by atoms with E-state index in [1.807, 2.05) is 29.0 Å². The van der Waals surface area contributed by atoms with Gasteiger partial charge in [0, 0.05) is 0 Å².